The topological polar surface area (TPSA) is 57.7 Å². The Bertz CT molecular complexity index is 832. The Morgan fingerprint density at radius 3 is 2.73 bits per heavy atom. The van der Waals surface area contributed by atoms with Gasteiger partial charge in [0.1, 0.15) is 4.21 Å². The summed E-state index contributed by atoms with van der Waals surface area (Å²) in [6, 6.07) is 6.92. The van der Waals surface area contributed by atoms with Crippen molar-refractivity contribution in [3.63, 3.8) is 0 Å². The zero-order chi connectivity index (χ0) is 15.9. The van der Waals surface area contributed by atoms with E-state index >= 15 is 0 Å². The lowest BCUT2D eigenvalue weighted by atomic mass is 10.3. The first-order valence-corrected chi connectivity index (χ1v) is 9.52. The van der Waals surface area contributed by atoms with E-state index < -0.39 is 10.0 Å². The molecule has 1 aliphatic rings. The molecule has 0 atom stereocenters. The molecule has 1 aromatic carbocycles. The summed E-state index contributed by atoms with van der Waals surface area (Å²) in [5, 5.41) is 1.41. The third kappa shape index (κ3) is 2.74. The number of thiophene rings is 1. The molecule has 0 radical (unpaired) electrons. The van der Waals surface area contributed by atoms with E-state index in [1.807, 2.05) is 6.92 Å². The van der Waals surface area contributed by atoms with Crippen LogP contribution in [0, 0.1) is 0 Å². The summed E-state index contributed by atoms with van der Waals surface area (Å²) in [5.74, 6) is -0.151. The summed E-state index contributed by atoms with van der Waals surface area (Å²) in [4.78, 5) is 13.6. The molecule has 0 N–H and O–H groups in total. The number of piperazine rings is 1. The van der Waals surface area contributed by atoms with E-state index in [9.17, 15) is 13.2 Å². The lowest BCUT2D eigenvalue weighted by molar-refractivity contribution is -0.133. The van der Waals surface area contributed by atoms with E-state index in [0.717, 1.165) is 10.1 Å². The molecule has 22 heavy (non-hydrogen) atoms. The molecule has 118 valence electrons. The van der Waals surface area contributed by atoms with Gasteiger partial charge in [0.05, 0.1) is 6.54 Å². The van der Waals surface area contributed by atoms with Crippen LogP contribution in [-0.2, 0) is 14.8 Å². The number of rotatable bonds is 3. The number of amides is 1. The van der Waals surface area contributed by atoms with Gasteiger partial charge in [-0.25, -0.2) is 8.42 Å². The van der Waals surface area contributed by atoms with Crippen molar-refractivity contribution in [3.8, 4) is 0 Å². The average molecular weight is 359 g/mol. The Morgan fingerprint density at radius 2 is 2.05 bits per heavy atom. The molecule has 2 heterocycles. The maximum absolute atomic E-state index is 12.7. The van der Waals surface area contributed by atoms with Gasteiger partial charge in [-0.2, -0.15) is 4.31 Å². The number of nitrogens with zero attached hydrogens (tertiary/aromatic N) is 2. The van der Waals surface area contributed by atoms with Crippen molar-refractivity contribution in [2.75, 3.05) is 26.2 Å². The van der Waals surface area contributed by atoms with Crippen molar-refractivity contribution >= 4 is 49.0 Å². The van der Waals surface area contributed by atoms with Crippen LogP contribution < -0.4 is 0 Å². The number of carbonyl (C=O) groups excluding carboxylic acids is 1. The number of carbonyl (C=O) groups is 1. The van der Waals surface area contributed by atoms with Gasteiger partial charge >= 0.3 is 0 Å². The van der Waals surface area contributed by atoms with Crippen molar-refractivity contribution in [2.24, 2.45) is 0 Å². The molecule has 1 fully saturated rings. The first kappa shape index (κ1) is 15.7. The predicted molar refractivity (Wildman–Crippen MR) is 87.8 cm³/mol. The van der Waals surface area contributed by atoms with Gasteiger partial charge in [0.15, 0.2) is 0 Å². The SMILES string of the molecule is CCN1CCN(S(=O)(=O)c2cc3ccc(Cl)cc3s2)CC1=O. The minimum atomic E-state index is -3.64. The third-order valence-electron chi connectivity index (χ3n) is 3.72. The molecule has 0 spiro atoms. The number of halogens is 1. The van der Waals surface area contributed by atoms with E-state index in [-0.39, 0.29) is 16.7 Å². The van der Waals surface area contributed by atoms with Gasteiger partial charge in [-0.05, 0) is 30.5 Å². The highest BCUT2D eigenvalue weighted by Crippen LogP contribution is 2.33. The normalized spacial score (nSPS) is 17.4. The number of fused-ring (bicyclic) bond motifs is 1. The second kappa shape index (κ2) is 5.81. The molecule has 0 bridgehead atoms. The zero-order valence-electron chi connectivity index (χ0n) is 12.0. The van der Waals surface area contributed by atoms with Crippen LogP contribution in [0.25, 0.3) is 10.1 Å². The van der Waals surface area contributed by atoms with Gasteiger partial charge in [-0.15, -0.1) is 11.3 Å². The molecule has 0 aliphatic carbocycles. The highest BCUT2D eigenvalue weighted by atomic mass is 35.5. The number of hydrogen-bond acceptors (Lipinski definition) is 4. The number of likely N-dealkylation sites (N-methyl/N-ethyl adjacent to an activating group) is 1. The van der Waals surface area contributed by atoms with Crippen molar-refractivity contribution in [1.82, 2.24) is 9.21 Å². The maximum Gasteiger partial charge on any atom is 0.253 e. The quantitative estimate of drug-likeness (QED) is 0.846. The second-order valence-corrected chi connectivity index (χ2v) is 8.74. The first-order valence-electron chi connectivity index (χ1n) is 6.89. The van der Waals surface area contributed by atoms with Crippen LogP contribution in [0.15, 0.2) is 28.5 Å². The Hall–Kier alpha value is -1.15. The highest BCUT2D eigenvalue weighted by molar-refractivity contribution is 7.91. The molecule has 8 heteroatoms. The smallest absolute Gasteiger partial charge is 0.253 e. The summed E-state index contributed by atoms with van der Waals surface area (Å²) in [7, 11) is -3.64. The fourth-order valence-corrected chi connectivity index (χ4v) is 5.67. The standard InChI is InChI=1S/C14H15ClN2O3S2/c1-2-16-5-6-17(9-13(16)18)22(19,20)14-7-10-3-4-11(15)8-12(10)21-14/h3-4,7-8H,2,5-6,9H2,1H3. The minimum Gasteiger partial charge on any atom is -0.341 e. The summed E-state index contributed by atoms with van der Waals surface area (Å²) >= 11 is 7.12. The van der Waals surface area contributed by atoms with Crippen molar-refractivity contribution in [3.05, 3.63) is 29.3 Å². The van der Waals surface area contributed by atoms with Crippen molar-refractivity contribution in [2.45, 2.75) is 11.1 Å². The molecular formula is C14H15ClN2O3S2. The van der Waals surface area contributed by atoms with Crippen LogP contribution in [0.2, 0.25) is 5.02 Å². The largest absolute Gasteiger partial charge is 0.341 e. The summed E-state index contributed by atoms with van der Waals surface area (Å²) in [6.45, 7) is 3.17. The molecule has 2 aromatic rings. The lowest BCUT2D eigenvalue weighted by Crippen LogP contribution is -2.51. The Morgan fingerprint density at radius 1 is 1.27 bits per heavy atom. The van der Waals surface area contributed by atoms with Crippen LogP contribution in [0.4, 0.5) is 0 Å². The van der Waals surface area contributed by atoms with Gasteiger partial charge in [0.25, 0.3) is 10.0 Å². The lowest BCUT2D eigenvalue weighted by Gasteiger charge is -2.32. The third-order valence-corrected chi connectivity index (χ3v) is 7.35. The molecule has 0 saturated carbocycles. The molecule has 1 saturated heterocycles. The van der Waals surface area contributed by atoms with Gasteiger partial charge in [-0.1, -0.05) is 17.7 Å². The van der Waals surface area contributed by atoms with E-state index in [2.05, 4.69) is 0 Å². The molecule has 5 nitrogen and oxygen atoms in total. The van der Waals surface area contributed by atoms with E-state index in [4.69, 9.17) is 11.6 Å². The fourth-order valence-electron chi connectivity index (χ4n) is 2.46. The van der Waals surface area contributed by atoms with E-state index in [1.54, 1.807) is 29.2 Å². The molecule has 1 amide bonds. The Kier molecular flexibility index (Phi) is 4.15. The number of hydrogen-bond donors (Lipinski definition) is 0. The molecule has 0 unspecified atom stereocenters. The second-order valence-electron chi connectivity index (χ2n) is 5.06. The van der Waals surface area contributed by atoms with Gasteiger partial charge in [0.2, 0.25) is 5.91 Å². The van der Waals surface area contributed by atoms with Crippen LogP contribution in [-0.4, -0.2) is 49.7 Å². The Balaban J connectivity index is 1.93. The average Bonchev–Trinajstić information content (AvgIpc) is 2.90. The fraction of sp³-hybridized carbons (Fsp3) is 0.357. The zero-order valence-corrected chi connectivity index (χ0v) is 14.3. The van der Waals surface area contributed by atoms with E-state index in [1.165, 1.54) is 15.6 Å². The van der Waals surface area contributed by atoms with Crippen LogP contribution >= 0.6 is 22.9 Å². The monoisotopic (exact) mass is 358 g/mol. The molecule has 1 aliphatic heterocycles. The molecular weight excluding hydrogens is 344 g/mol. The summed E-state index contributed by atoms with van der Waals surface area (Å²) in [6.07, 6.45) is 0. The van der Waals surface area contributed by atoms with Gasteiger partial charge in [-0.3, -0.25) is 4.79 Å². The number of benzene rings is 1. The van der Waals surface area contributed by atoms with Gasteiger partial charge in [0, 0.05) is 29.4 Å². The van der Waals surface area contributed by atoms with Crippen LogP contribution in [0.5, 0.6) is 0 Å². The van der Waals surface area contributed by atoms with Crippen molar-refractivity contribution < 1.29 is 13.2 Å². The van der Waals surface area contributed by atoms with Crippen LogP contribution in [0.3, 0.4) is 0 Å². The summed E-state index contributed by atoms with van der Waals surface area (Å²) < 4.78 is 27.8. The predicted octanol–water partition coefficient (Wildman–Crippen LogP) is 2.41. The van der Waals surface area contributed by atoms with Crippen molar-refractivity contribution in [1.29, 1.82) is 0 Å². The van der Waals surface area contributed by atoms with E-state index in [0.29, 0.717) is 24.7 Å². The summed E-state index contributed by atoms with van der Waals surface area (Å²) in [5.41, 5.74) is 0. The number of sulfonamides is 1. The minimum absolute atomic E-state index is 0.0921. The van der Waals surface area contributed by atoms with Crippen LogP contribution in [0.1, 0.15) is 6.92 Å². The maximum atomic E-state index is 12.7. The first-order chi connectivity index (χ1) is 10.4. The molecule has 1 aromatic heterocycles. The Labute approximate surface area is 138 Å². The highest BCUT2D eigenvalue weighted by Gasteiger charge is 2.33. The molecule has 3 rings (SSSR count). The van der Waals surface area contributed by atoms with Gasteiger partial charge < -0.3 is 4.90 Å².